The van der Waals surface area contributed by atoms with Crippen LogP contribution in [0.3, 0.4) is 0 Å². The number of hydrogen-bond donors (Lipinski definition) is 1. The van der Waals surface area contributed by atoms with Gasteiger partial charge in [0, 0.05) is 32.3 Å². The highest BCUT2D eigenvalue weighted by atomic mass is 16.5. The van der Waals surface area contributed by atoms with Gasteiger partial charge in [-0.15, -0.1) is 0 Å². The van der Waals surface area contributed by atoms with Gasteiger partial charge >= 0.3 is 11.9 Å². The molecule has 0 aromatic carbocycles. The molecule has 0 saturated heterocycles. The fourth-order valence-electron chi connectivity index (χ4n) is 0.563. The van der Waals surface area contributed by atoms with Crippen LogP contribution in [0.15, 0.2) is 12.2 Å². The van der Waals surface area contributed by atoms with E-state index in [1.807, 2.05) is 0 Å². The monoisotopic (exact) mass is 188 g/mol. The lowest BCUT2D eigenvalue weighted by Gasteiger charge is -1.99. The molecule has 0 aliphatic heterocycles. The highest BCUT2D eigenvalue weighted by Gasteiger charge is 1.97. The summed E-state index contributed by atoms with van der Waals surface area (Å²) in [5, 5.41) is 8.16. The summed E-state index contributed by atoms with van der Waals surface area (Å²) in [7, 11) is 1.55. The topological polar surface area (TPSA) is 72.8 Å². The summed E-state index contributed by atoms with van der Waals surface area (Å²) in [5.74, 6) is -1.83. The van der Waals surface area contributed by atoms with Crippen LogP contribution in [-0.4, -0.2) is 37.4 Å². The number of ether oxygens (including phenoxy) is 2. The first-order chi connectivity index (χ1) is 6.16. The Labute approximate surface area is 75.9 Å². The highest BCUT2D eigenvalue weighted by Crippen LogP contribution is 1.86. The van der Waals surface area contributed by atoms with E-state index in [4.69, 9.17) is 9.84 Å². The zero-order valence-electron chi connectivity index (χ0n) is 7.36. The van der Waals surface area contributed by atoms with Crippen molar-refractivity contribution in [1.29, 1.82) is 0 Å². The minimum absolute atomic E-state index is 0.233. The zero-order valence-corrected chi connectivity index (χ0v) is 7.36. The Balaban J connectivity index is 3.46. The van der Waals surface area contributed by atoms with E-state index in [1.54, 1.807) is 7.11 Å². The molecule has 0 fully saturated rings. The molecule has 0 spiro atoms. The Morgan fingerprint density at radius 3 is 2.54 bits per heavy atom. The number of carboxylic acids is 1. The van der Waals surface area contributed by atoms with Crippen molar-refractivity contribution in [3.05, 3.63) is 12.2 Å². The number of rotatable bonds is 6. The van der Waals surface area contributed by atoms with Crippen molar-refractivity contribution in [2.24, 2.45) is 0 Å². The van der Waals surface area contributed by atoms with Gasteiger partial charge in [-0.25, -0.2) is 9.59 Å². The third kappa shape index (κ3) is 8.55. The number of aliphatic carboxylic acids is 1. The first-order valence-electron chi connectivity index (χ1n) is 3.73. The van der Waals surface area contributed by atoms with Crippen molar-refractivity contribution in [3.63, 3.8) is 0 Å². The van der Waals surface area contributed by atoms with E-state index in [0.29, 0.717) is 13.0 Å². The molecule has 0 aromatic rings. The van der Waals surface area contributed by atoms with Gasteiger partial charge in [0.25, 0.3) is 0 Å². The van der Waals surface area contributed by atoms with Gasteiger partial charge in [-0.05, 0) is 0 Å². The number of hydrogen-bond acceptors (Lipinski definition) is 4. The second-order valence-corrected chi connectivity index (χ2v) is 2.19. The first-order valence-corrected chi connectivity index (χ1v) is 3.73. The van der Waals surface area contributed by atoms with E-state index in [0.717, 1.165) is 12.2 Å². The fourth-order valence-corrected chi connectivity index (χ4v) is 0.563. The molecular weight excluding hydrogens is 176 g/mol. The van der Waals surface area contributed by atoms with E-state index in [-0.39, 0.29) is 6.61 Å². The lowest BCUT2D eigenvalue weighted by molar-refractivity contribution is -0.139. The summed E-state index contributed by atoms with van der Waals surface area (Å²) in [5.41, 5.74) is 0. The third-order valence-electron chi connectivity index (χ3n) is 1.10. The summed E-state index contributed by atoms with van der Waals surface area (Å²) >= 11 is 0. The van der Waals surface area contributed by atoms with E-state index in [9.17, 15) is 9.59 Å². The van der Waals surface area contributed by atoms with E-state index < -0.39 is 11.9 Å². The van der Waals surface area contributed by atoms with E-state index in [1.165, 1.54) is 0 Å². The highest BCUT2D eigenvalue weighted by molar-refractivity contribution is 5.90. The molecule has 0 amide bonds. The molecule has 74 valence electrons. The quantitative estimate of drug-likeness (QED) is 0.366. The second-order valence-electron chi connectivity index (χ2n) is 2.19. The van der Waals surface area contributed by atoms with Crippen molar-refractivity contribution >= 4 is 11.9 Å². The van der Waals surface area contributed by atoms with Gasteiger partial charge in [-0.2, -0.15) is 0 Å². The average Bonchev–Trinajstić information content (AvgIpc) is 2.09. The van der Waals surface area contributed by atoms with Crippen LogP contribution in [0.4, 0.5) is 0 Å². The summed E-state index contributed by atoms with van der Waals surface area (Å²) < 4.78 is 9.34. The maximum atomic E-state index is 10.7. The van der Waals surface area contributed by atoms with Crippen molar-refractivity contribution in [2.45, 2.75) is 6.42 Å². The lowest BCUT2D eigenvalue weighted by Crippen LogP contribution is -2.05. The Kier molecular flexibility index (Phi) is 6.53. The van der Waals surface area contributed by atoms with Crippen LogP contribution in [0.25, 0.3) is 0 Å². The van der Waals surface area contributed by atoms with Crippen LogP contribution in [-0.2, 0) is 19.1 Å². The minimum atomic E-state index is -1.17. The zero-order chi connectivity index (χ0) is 10.1. The largest absolute Gasteiger partial charge is 0.478 e. The van der Waals surface area contributed by atoms with Crippen molar-refractivity contribution in [3.8, 4) is 0 Å². The normalized spacial score (nSPS) is 10.2. The molecular formula is C8H12O5. The molecule has 0 rings (SSSR count). The predicted molar refractivity (Wildman–Crippen MR) is 44.2 cm³/mol. The number of carbonyl (C=O) groups excluding carboxylic acids is 1. The lowest BCUT2D eigenvalue weighted by atomic mass is 10.5. The molecule has 5 heteroatoms. The molecule has 0 atom stereocenters. The molecule has 0 aliphatic rings. The minimum Gasteiger partial charge on any atom is -0.478 e. The molecule has 0 saturated carbocycles. The van der Waals surface area contributed by atoms with Gasteiger partial charge in [0.2, 0.25) is 0 Å². The van der Waals surface area contributed by atoms with Crippen LogP contribution < -0.4 is 0 Å². The van der Waals surface area contributed by atoms with Crippen LogP contribution in [0, 0.1) is 0 Å². The van der Waals surface area contributed by atoms with Crippen LogP contribution in [0.1, 0.15) is 6.42 Å². The first kappa shape index (κ1) is 11.6. The summed E-state index contributed by atoms with van der Waals surface area (Å²) in [6, 6.07) is 0. The average molecular weight is 188 g/mol. The molecule has 0 heterocycles. The maximum Gasteiger partial charge on any atom is 0.331 e. The molecule has 0 aromatic heterocycles. The van der Waals surface area contributed by atoms with E-state index >= 15 is 0 Å². The maximum absolute atomic E-state index is 10.7. The Morgan fingerprint density at radius 2 is 2.00 bits per heavy atom. The molecule has 5 nitrogen and oxygen atoms in total. The SMILES string of the molecule is COCCCOC(=O)/C=C\C(=O)O. The number of esters is 1. The smallest absolute Gasteiger partial charge is 0.331 e. The second kappa shape index (κ2) is 7.30. The fraction of sp³-hybridized carbons (Fsp3) is 0.500. The molecule has 1 N–H and O–H groups in total. The molecule has 13 heavy (non-hydrogen) atoms. The van der Waals surface area contributed by atoms with Crippen molar-refractivity contribution in [1.82, 2.24) is 0 Å². The Bertz CT molecular complexity index is 197. The number of carboxylic acid groups (broad SMARTS) is 1. The molecule has 0 radical (unpaired) electrons. The summed E-state index contributed by atoms with van der Waals surface area (Å²) in [4.78, 5) is 20.7. The molecule has 0 aliphatic carbocycles. The van der Waals surface area contributed by atoms with Gasteiger partial charge in [0.15, 0.2) is 0 Å². The number of carbonyl (C=O) groups is 2. The predicted octanol–water partition coefficient (Wildman–Crippen LogP) is 0.207. The van der Waals surface area contributed by atoms with Crippen molar-refractivity contribution in [2.75, 3.05) is 20.3 Å². The van der Waals surface area contributed by atoms with Crippen LogP contribution in [0.2, 0.25) is 0 Å². The molecule has 0 bridgehead atoms. The van der Waals surface area contributed by atoms with E-state index in [2.05, 4.69) is 4.74 Å². The van der Waals surface area contributed by atoms with Gasteiger partial charge in [-0.1, -0.05) is 0 Å². The van der Waals surface area contributed by atoms with Crippen molar-refractivity contribution < 1.29 is 24.2 Å². The van der Waals surface area contributed by atoms with Gasteiger partial charge in [0.05, 0.1) is 6.61 Å². The third-order valence-corrected chi connectivity index (χ3v) is 1.10. The van der Waals surface area contributed by atoms with Crippen LogP contribution >= 0.6 is 0 Å². The standard InChI is InChI=1S/C8H12O5/c1-12-5-2-6-13-8(11)4-3-7(9)10/h3-4H,2,5-6H2,1H3,(H,9,10)/b4-3-. The number of methoxy groups -OCH3 is 1. The molecule has 0 unspecified atom stereocenters. The Hall–Kier alpha value is -1.36. The van der Waals surface area contributed by atoms with Gasteiger partial charge in [0.1, 0.15) is 0 Å². The van der Waals surface area contributed by atoms with Gasteiger partial charge < -0.3 is 14.6 Å². The Morgan fingerprint density at radius 1 is 1.31 bits per heavy atom. The summed E-state index contributed by atoms with van der Waals surface area (Å²) in [6.45, 7) is 0.743. The van der Waals surface area contributed by atoms with Crippen LogP contribution in [0.5, 0.6) is 0 Å². The van der Waals surface area contributed by atoms with Gasteiger partial charge in [-0.3, -0.25) is 0 Å². The summed E-state index contributed by atoms with van der Waals surface area (Å²) in [6.07, 6.45) is 2.21.